The maximum atomic E-state index is 10.6. The highest BCUT2D eigenvalue weighted by molar-refractivity contribution is 5.65. The average Bonchev–Trinajstić information content (AvgIpc) is 2.49. The molecule has 0 bridgehead atoms. The lowest BCUT2D eigenvalue weighted by Crippen LogP contribution is -2.30. The van der Waals surface area contributed by atoms with E-state index in [4.69, 9.17) is 4.74 Å². The van der Waals surface area contributed by atoms with Crippen molar-refractivity contribution in [1.29, 1.82) is 0 Å². The summed E-state index contributed by atoms with van der Waals surface area (Å²) in [5, 5.41) is 0. The van der Waals surface area contributed by atoms with Gasteiger partial charge in [0.2, 0.25) is 0 Å². The van der Waals surface area contributed by atoms with Crippen LogP contribution in [0.25, 0.3) is 0 Å². The van der Waals surface area contributed by atoms with Gasteiger partial charge in [0.05, 0.1) is 6.61 Å². The molecule has 0 unspecified atom stereocenters. The van der Waals surface area contributed by atoms with E-state index < -0.39 is 0 Å². The first-order chi connectivity index (χ1) is 10.3. The zero-order valence-electron chi connectivity index (χ0n) is 14.1. The summed E-state index contributed by atoms with van der Waals surface area (Å²) in [4.78, 5) is 13.2. The summed E-state index contributed by atoms with van der Waals surface area (Å²) in [6.45, 7) is 6.09. The minimum Gasteiger partial charge on any atom is -0.466 e. The fourth-order valence-electron chi connectivity index (χ4n) is 3.07. The SMILES string of the molecule is CC(=O)OCCCCCCCCCCCN1CCCCC1. The van der Waals surface area contributed by atoms with Crippen molar-refractivity contribution >= 4 is 5.97 Å². The Kier molecular flexibility index (Phi) is 11.5. The van der Waals surface area contributed by atoms with Crippen LogP contribution >= 0.6 is 0 Å². The van der Waals surface area contributed by atoms with Gasteiger partial charge in [0.25, 0.3) is 0 Å². The van der Waals surface area contributed by atoms with Crippen LogP contribution in [-0.2, 0) is 9.53 Å². The molecule has 0 aromatic carbocycles. The van der Waals surface area contributed by atoms with E-state index in [1.165, 1.54) is 97.2 Å². The molecule has 1 aliphatic heterocycles. The molecule has 0 aromatic heterocycles. The van der Waals surface area contributed by atoms with E-state index in [1.807, 2.05) is 0 Å². The van der Waals surface area contributed by atoms with Crippen LogP contribution in [0.2, 0.25) is 0 Å². The number of hydrogen-bond acceptors (Lipinski definition) is 3. The largest absolute Gasteiger partial charge is 0.466 e. The number of piperidine rings is 1. The number of likely N-dealkylation sites (tertiary alicyclic amines) is 1. The van der Waals surface area contributed by atoms with Gasteiger partial charge in [0, 0.05) is 6.92 Å². The minimum absolute atomic E-state index is 0.153. The van der Waals surface area contributed by atoms with Gasteiger partial charge < -0.3 is 9.64 Å². The van der Waals surface area contributed by atoms with Gasteiger partial charge in [-0.1, -0.05) is 51.4 Å². The van der Waals surface area contributed by atoms with Crippen LogP contribution in [0.1, 0.15) is 84.0 Å². The first-order valence-electron chi connectivity index (χ1n) is 9.15. The van der Waals surface area contributed by atoms with Gasteiger partial charge in [0.1, 0.15) is 0 Å². The molecule has 1 fully saturated rings. The predicted octanol–water partition coefficient (Wildman–Crippen LogP) is 4.55. The van der Waals surface area contributed by atoms with E-state index in [0.29, 0.717) is 6.61 Å². The third-order valence-corrected chi connectivity index (χ3v) is 4.37. The lowest BCUT2D eigenvalue weighted by atomic mass is 10.1. The predicted molar refractivity (Wildman–Crippen MR) is 88.5 cm³/mol. The van der Waals surface area contributed by atoms with Gasteiger partial charge in [-0.25, -0.2) is 0 Å². The molecule has 21 heavy (non-hydrogen) atoms. The number of nitrogens with zero attached hydrogens (tertiary/aromatic N) is 1. The second-order valence-electron chi connectivity index (χ2n) is 6.42. The summed E-state index contributed by atoms with van der Waals surface area (Å²) >= 11 is 0. The molecule has 0 N–H and O–H groups in total. The molecule has 1 rings (SSSR count). The van der Waals surface area contributed by atoms with Crippen molar-refractivity contribution in [2.45, 2.75) is 84.0 Å². The fraction of sp³-hybridized carbons (Fsp3) is 0.944. The van der Waals surface area contributed by atoms with Crippen molar-refractivity contribution in [3.63, 3.8) is 0 Å². The van der Waals surface area contributed by atoms with Gasteiger partial charge in [-0.15, -0.1) is 0 Å². The van der Waals surface area contributed by atoms with Crippen molar-refractivity contribution in [3.05, 3.63) is 0 Å². The Hall–Kier alpha value is -0.570. The van der Waals surface area contributed by atoms with Crippen LogP contribution in [-0.4, -0.2) is 37.1 Å². The Morgan fingerprint density at radius 2 is 1.33 bits per heavy atom. The molecule has 0 spiro atoms. The molecule has 124 valence electrons. The Bertz CT molecular complexity index is 250. The summed E-state index contributed by atoms with van der Waals surface area (Å²) in [6, 6.07) is 0. The summed E-state index contributed by atoms with van der Waals surface area (Å²) in [7, 11) is 0. The number of esters is 1. The third-order valence-electron chi connectivity index (χ3n) is 4.37. The van der Waals surface area contributed by atoms with Crippen LogP contribution in [0.15, 0.2) is 0 Å². The quantitative estimate of drug-likeness (QED) is 0.391. The first kappa shape index (κ1) is 18.5. The molecular formula is C18H35NO2. The Morgan fingerprint density at radius 1 is 0.810 bits per heavy atom. The van der Waals surface area contributed by atoms with Gasteiger partial charge in [-0.3, -0.25) is 4.79 Å². The summed E-state index contributed by atoms with van der Waals surface area (Å²) in [5.41, 5.74) is 0. The molecule has 0 aromatic rings. The molecular weight excluding hydrogens is 262 g/mol. The topological polar surface area (TPSA) is 29.5 Å². The number of hydrogen-bond donors (Lipinski definition) is 0. The number of carbonyl (C=O) groups excluding carboxylic acids is 1. The van der Waals surface area contributed by atoms with E-state index in [-0.39, 0.29) is 5.97 Å². The molecule has 1 aliphatic rings. The standard InChI is InChI=1S/C18H35NO2/c1-18(20)21-17-13-8-6-4-2-3-5-7-10-14-19-15-11-9-12-16-19/h2-17H2,1H3. The zero-order valence-corrected chi connectivity index (χ0v) is 14.1. The zero-order chi connectivity index (χ0) is 15.2. The number of carbonyl (C=O) groups is 1. The monoisotopic (exact) mass is 297 g/mol. The molecule has 0 amide bonds. The Balaban J connectivity index is 1.71. The van der Waals surface area contributed by atoms with Gasteiger partial charge >= 0.3 is 5.97 Å². The highest BCUT2D eigenvalue weighted by Gasteiger charge is 2.08. The van der Waals surface area contributed by atoms with E-state index in [1.54, 1.807) is 0 Å². The first-order valence-corrected chi connectivity index (χ1v) is 9.15. The highest BCUT2D eigenvalue weighted by atomic mass is 16.5. The normalized spacial score (nSPS) is 16.0. The lowest BCUT2D eigenvalue weighted by Gasteiger charge is -2.26. The van der Waals surface area contributed by atoms with Gasteiger partial charge in [0.15, 0.2) is 0 Å². The maximum Gasteiger partial charge on any atom is 0.302 e. The lowest BCUT2D eigenvalue weighted by molar-refractivity contribution is -0.141. The highest BCUT2D eigenvalue weighted by Crippen LogP contribution is 2.12. The minimum atomic E-state index is -0.153. The fourth-order valence-corrected chi connectivity index (χ4v) is 3.07. The van der Waals surface area contributed by atoms with E-state index in [0.717, 1.165) is 6.42 Å². The van der Waals surface area contributed by atoms with Crippen LogP contribution in [0.3, 0.4) is 0 Å². The van der Waals surface area contributed by atoms with E-state index >= 15 is 0 Å². The van der Waals surface area contributed by atoms with Crippen molar-refractivity contribution in [1.82, 2.24) is 4.90 Å². The summed E-state index contributed by atoms with van der Waals surface area (Å²) < 4.78 is 4.92. The Labute approximate surface area is 131 Å². The maximum absolute atomic E-state index is 10.6. The van der Waals surface area contributed by atoms with E-state index in [2.05, 4.69) is 4.90 Å². The molecule has 0 radical (unpaired) electrons. The smallest absolute Gasteiger partial charge is 0.302 e. The second-order valence-corrected chi connectivity index (χ2v) is 6.42. The molecule has 3 nitrogen and oxygen atoms in total. The molecule has 0 aliphatic carbocycles. The average molecular weight is 297 g/mol. The van der Waals surface area contributed by atoms with Crippen LogP contribution in [0, 0.1) is 0 Å². The van der Waals surface area contributed by atoms with Crippen LogP contribution in [0.4, 0.5) is 0 Å². The molecule has 0 saturated carbocycles. The van der Waals surface area contributed by atoms with Gasteiger partial charge in [-0.05, 0) is 45.3 Å². The number of rotatable bonds is 12. The molecule has 1 heterocycles. The van der Waals surface area contributed by atoms with Gasteiger partial charge in [-0.2, -0.15) is 0 Å². The van der Waals surface area contributed by atoms with Crippen LogP contribution < -0.4 is 0 Å². The summed E-state index contributed by atoms with van der Waals surface area (Å²) in [5.74, 6) is -0.153. The van der Waals surface area contributed by atoms with Crippen molar-refractivity contribution in [2.75, 3.05) is 26.2 Å². The summed E-state index contributed by atoms with van der Waals surface area (Å²) in [6.07, 6.45) is 16.1. The van der Waals surface area contributed by atoms with Crippen LogP contribution in [0.5, 0.6) is 0 Å². The number of ether oxygens (including phenoxy) is 1. The van der Waals surface area contributed by atoms with E-state index in [9.17, 15) is 4.79 Å². The molecule has 0 atom stereocenters. The Morgan fingerprint density at radius 3 is 1.90 bits per heavy atom. The molecule has 1 saturated heterocycles. The second kappa shape index (κ2) is 13.1. The number of unbranched alkanes of at least 4 members (excludes halogenated alkanes) is 8. The molecule has 3 heteroatoms. The van der Waals surface area contributed by atoms with Crippen molar-refractivity contribution < 1.29 is 9.53 Å². The third kappa shape index (κ3) is 11.7. The van der Waals surface area contributed by atoms with Crippen molar-refractivity contribution in [2.24, 2.45) is 0 Å². The van der Waals surface area contributed by atoms with Crippen molar-refractivity contribution in [3.8, 4) is 0 Å².